The summed E-state index contributed by atoms with van der Waals surface area (Å²) in [6.07, 6.45) is 0.746. The van der Waals surface area contributed by atoms with Crippen molar-refractivity contribution in [1.82, 2.24) is 0 Å². The zero-order chi connectivity index (χ0) is 15.0. The van der Waals surface area contributed by atoms with E-state index in [4.69, 9.17) is 9.47 Å². The van der Waals surface area contributed by atoms with Crippen LogP contribution in [0.2, 0.25) is 0 Å². The van der Waals surface area contributed by atoms with Crippen LogP contribution in [0.5, 0.6) is 5.75 Å². The van der Waals surface area contributed by atoms with E-state index in [0.29, 0.717) is 0 Å². The minimum Gasteiger partial charge on any atom is -0.497 e. The monoisotopic (exact) mass is 279 g/mol. The van der Waals surface area contributed by atoms with Gasteiger partial charge in [-0.2, -0.15) is 0 Å². The summed E-state index contributed by atoms with van der Waals surface area (Å²) in [6, 6.07) is 7.72. The van der Waals surface area contributed by atoms with Gasteiger partial charge in [0.1, 0.15) is 5.75 Å². The van der Waals surface area contributed by atoms with Crippen LogP contribution >= 0.6 is 0 Å². The highest BCUT2D eigenvalue weighted by Crippen LogP contribution is 2.46. The lowest BCUT2D eigenvalue weighted by Gasteiger charge is -2.39. The molecule has 1 unspecified atom stereocenters. The smallest absolute Gasteiger partial charge is 0.119 e. The van der Waals surface area contributed by atoms with Gasteiger partial charge >= 0.3 is 0 Å². The summed E-state index contributed by atoms with van der Waals surface area (Å²) in [4.78, 5) is 0. The number of methoxy groups -OCH3 is 1. The molecule has 2 rings (SSSR count). The molecule has 1 aliphatic rings. The molecule has 20 heavy (non-hydrogen) atoms. The highest BCUT2D eigenvalue weighted by molar-refractivity contribution is 5.50. The first kappa shape index (κ1) is 15.1. The molecule has 1 fully saturated rings. The Bertz CT molecular complexity index is 467. The number of anilines is 1. The van der Waals surface area contributed by atoms with E-state index in [2.05, 4.69) is 19.2 Å². The first-order chi connectivity index (χ1) is 9.24. The van der Waals surface area contributed by atoms with Crippen LogP contribution in [0, 0.1) is 0 Å². The van der Waals surface area contributed by atoms with E-state index in [1.54, 1.807) is 7.11 Å². The Morgan fingerprint density at radius 1 is 1.20 bits per heavy atom. The third-order valence-electron chi connectivity index (χ3n) is 4.15. The van der Waals surface area contributed by atoms with Crippen molar-refractivity contribution in [1.29, 1.82) is 0 Å². The van der Waals surface area contributed by atoms with E-state index >= 15 is 0 Å². The maximum atomic E-state index is 9.98. The molecule has 0 saturated carbocycles. The Morgan fingerprint density at radius 3 is 2.20 bits per heavy atom. The van der Waals surface area contributed by atoms with Crippen LogP contribution < -0.4 is 10.1 Å². The predicted molar refractivity (Wildman–Crippen MR) is 80.3 cm³/mol. The molecule has 4 nitrogen and oxygen atoms in total. The molecule has 112 valence electrons. The van der Waals surface area contributed by atoms with E-state index < -0.39 is 11.1 Å². The zero-order valence-electron chi connectivity index (χ0n) is 13.0. The average Bonchev–Trinajstić information content (AvgIpc) is 2.55. The minimum absolute atomic E-state index is 0.0233. The molecular formula is C16H25NO3. The van der Waals surface area contributed by atoms with Crippen molar-refractivity contribution in [2.75, 3.05) is 19.0 Å². The molecule has 1 aliphatic heterocycles. The van der Waals surface area contributed by atoms with Crippen molar-refractivity contribution in [3.8, 4) is 5.75 Å². The Hall–Kier alpha value is -1.26. The molecule has 1 saturated heterocycles. The number of aliphatic hydroxyl groups excluding tert-OH is 1. The van der Waals surface area contributed by atoms with Crippen molar-refractivity contribution in [3.05, 3.63) is 24.3 Å². The summed E-state index contributed by atoms with van der Waals surface area (Å²) >= 11 is 0. The van der Waals surface area contributed by atoms with Gasteiger partial charge in [0.05, 0.1) is 30.5 Å². The van der Waals surface area contributed by atoms with Gasteiger partial charge < -0.3 is 19.9 Å². The molecule has 0 amide bonds. The molecule has 0 aliphatic carbocycles. The van der Waals surface area contributed by atoms with Gasteiger partial charge in [-0.15, -0.1) is 0 Å². The number of rotatable bonds is 4. The fraction of sp³-hybridized carbons (Fsp3) is 0.625. The molecular weight excluding hydrogens is 254 g/mol. The molecule has 4 heteroatoms. The zero-order valence-corrected chi connectivity index (χ0v) is 13.0. The van der Waals surface area contributed by atoms with Gasteiger partial charge in [0, 0.05) is 12.1 Å². The van der Waals surface area contributed by atoms with Gasteiger partial charge in [-0.1, -0.05) is 0 Å². The number of hydrogen-bond acceptors (Lipinski definition) is 4. The summed E-state index contributed by atoms with van der Waals surface area (Å²) in [6.45, 7) is 8.18. The van der Waals surface area contributed by atoms with Gasteiger partial charge in [-0.3, -0.25) is 0 Å². The molecule has 1 atom stereocenters. The van der Waals surface area contributed by atoms with Crippen LogP contribution in [0.1, 0.15) is 34.1 Å². The third-order valence-corrected chi connectivity index (χ3v) is 4.15. The van der Waals surface area contributed by atoms with Crippen molar-refractivity contribution in [2.45, 2.75) is 50.9 Å². The van der Waals surface area contributed by atoms with E-state index in [1.165, 1.54) is 0 Å². The standard InChI is InChI=1S/C16H25NO3/c1-14(2)10-16(11-18,15(3,4)20-14)17-12-6-8-13(19-5)9-7-12/h6-9,17-18H,10-11H2,1-5H3. The molecule has 1 aromatic carbocycles. The molecule has 0 bridgehead atoms. The maximum Gasteiger partial charge on any atom is 0.119 e. The maximum absolute atomic E-state index is 9.98. The summed E-state index contributed by atoms with van der Waals surface area (Å²) < 4.78 is 11.3. The number of ether oxygens (including phenoxy) is 2. The largest absolute Gasteiger partial charge is 0.497 e. The van der Waals surface area contributed by atoms with Gasteiger partial charge in [0.25, 0.3) is 0 Å². The normalized spacial score (nSPS) is 27.3. The van der Waals surface area contributed by atoms with Crippen LogP contribution in [-0.4, -0.2) is 35.6 Å². The Balaban J connectivity index is 2.27. The lowest BCUT2D eigenvalue weighted by Crippen LogP contribution is -2.55. The summed E-state index contributed by atoms with van der Waals surface area (Å²) in [5.74, 6) is 0.816. The second kappa shape index (κ2) is 4.93. The quantitative estimate of drug-likeness (QED) is 0.890. The topological polar surface area (TPSA) is 50.7 Å². The lowest BCUT2D eigenvalue weighted by atomic mass is 9.79. The van der Waals surface area contributed by atoms with Crippen molar-refractivity contribution in [3.63, 3.8) is 0 Å². The fourth-order valence-corrected chi connectivity index (χ4v) is 3.20. The van der Waals surface area contributed by atoms with E-state index in [1.807, 2.05) is 38.1 Å². The van der Waals surface area contributed by atoms with Crippen LogP contribution in [0.3, 0.4) is 0 Å². The SMILES string of the molecule is COc1ccc(NC2(CO)CC(C)(C)OC2(C)C)cc1. The second-order valence-electron chi connectivity index (χ2n) is 6.64. The van der Waals surface area contributed by atoms with E-state index in [-0.39, 0.29) is 12.2 Å². The number of benzene rings is 1. The van der Waals surface area contributed by atoms with Crippen molar-refractivity contribution in [2.24, 2.45) is 0 Å². The molecule has 1 heterocycles. The summed E-state index contributed by atoms with van der Waals surface area (Å²) in [7, 11) is 1.65. The van der Waals surface area contributed by atoms with Crippen molar-refractivity contribution >= 4 is 5.69 Å². The molecule has 2 N–H and O–H groups in total. The van der Waals surface area contributed by atoms with E-state index in [0.717, 1.165) is 17.9 Å². The summed E-state index contributed by atoms with van der Waals surface area (Å²) in [5.41, 5.74) is -0.253. The molecule has 0 spiro atoms. The molecule has 0 radical (unpaired) electrons. The number of nitrogens with one attached hydrogen (secondary N) is 1. The Morgan fingerprint density at radius 2 is 1.80 bits per heavy atom. The highest BCUT2D eigenvalue weighted by Gasteiger charge is 2.57. The second-order valence-corrected chi connectivity index (χ2v) is 6.64. The first-order valence-corrected chi connectivity index (χ1v) is 6.97. The van der Waals surface area contributed by atoms with Crippen molar-refractivity contribution < 1.29 is 14.6 Å². The van der Waals surface area contributed by atoms with E-state index in [9.17, 15) is 5.11 Å². The number of aliphatic hydroxyl groups is 1. The van der Waals surface area contributed by atoms with Crippen LogP contribution in [-0.2, 0) is 4.74 Å². The Kier molecular flexibility index (Phi) is 3.73. The van der Waals surface area contributed by atoms with Gasteiger partial charge in [0.15, 0.2) is 0 Å². The first-order valence-electron chi connectivity index (χ1n) is 6.97. The molecule has 0 aromatic heterocycles. The minimum atomic E-state index is -0.495. The summed E-state index contributed by atoms with van der Waals surface area (Å²) in [5, 5.41) is 13.4. The van der Waals surface area contributed by atoms with Gasteiger partial charge in [-0.05, 0) is 52.0 Å². The number of hydrogen-bond donors (Lipinski definition) is 2. The van der Waals surface area contributed by atoms with Crippen LogP contribution in [0.25, 0.3) is 0 Å². The fourth-order valence-electron chi connectivity index (χ4n) is 3.20. The predicted octanol–water partition coefficient (Wildman–Crippen LogP) is 2.82. The highest BCUT2D eigenvalue weighted by atomic mass is 16.5. The third kappa shape index (κ3) is 2.63. The average molecular weight is 279 g/mol. The molecule has 1 aromatic rings. The van der Waals surface area contributed by atoms with Gasteiger partial charge in [0.2, 0.25) is 0 Å². The van der Waals surface area contributed by atoms with Crippen LogP contribution in [0.15, 0.2) is 24.3 Å². The lowest BCUT2D eigenvalue weighted by molar-refractivity contribution is -0.0808. The Labute approximate surface area is 121 Å². The van der Waals surface area contributed by atoms with Crippen LogP contribution in [0.4, 0.5) is 5.69 Å². The van der Waals surface area contributed by atoms with Gasteiger partial charge in [-0.25, -0.2) is 0 Å².